The standard InChI is InChI=1S/C20H17BrN4OS/c1-13-2-3-14(10-26)8-17(13)23-20-24-18(11-27-20)15-4-6-16(7-5-15)25-9-19(21)22-12-25/h2-9,11-12,26H,10H2,1H3,(H,23,24). The lowest BCUT2D eigenvalue weighted by molar-refractivity contribution is 0.282. The van der Waals surface area contributed by atoms with Crippen LogP contribution in [-0.2, 0) is 6.61 Å². The molecule has 0 amide bonds. The van der Waals surface area contributed by atoms with Crippen LogP contribution < -0.4 is 5.32 Å². The number of hydrogen-bond donors (Lipinski definition) is 2. The van der Waals surface area contributed by atoms with Gasteiger partial charge in [0.05, 0.1) is 12.3 Å². The molecule has 0 unspecified atom stereocenters. The zero-order valence-electron chi connectivity index (χ0n) is 14.6. The molecule has 4 rings (SSSR count). The Hall–Kier alpha value is -2.48. The molecule has 0 spiro atoms. The van der Waals surface area contributed by atoms with Crippen molar-refractivity contribution in [1.82, 2.24) is 14.5 Å². The first-order valence-corrected chi connectivity index (χ1v) is 10.0. The maximum absolute atomic E-state index is 9.33. The van der Waals surface area contributed by atoms with Gasteiger partial charge in [-0.2, -0.15) is 0 Å². The van der Waals surface area contributed by atoms with E-state index in [1.165, 1.54) is 0 Å². The summed E-state index contributed by atoms with van der Waals surface area (Å²) in [5, 5.41) is 15.5. The second-order valence-corrected chi connectivity index (χ2v) is 7.79. The number of aromatic nitrogens is 3. The molecule has 4 aromatic rings. The van der Waals surface area contributed by atoms with Crippen molar-refractivity contribution in [2.75, 3.05) is 5.32 Å². The zero-order chi connectivity index (χ0) is 18.8. The molecule has 2 aromatic heterocycles. The van der Waals surface area contributed by atoms with Crippen LogP contribution in [0.4, 0.5) is 10.8 Å². The van der Waals surface area contributed by atoms with Crippen molar-refractivity contribution in [2.45, 2.75) is 13.5 Å². The number of thiazole rings is 1. The van der Waals surface area contributed by atoms with Crippen LogP contribution in [0.3, 0.4) is 0 Å². The molecule has 0 aliphatic heterocycles. The molecule has 0 aliphatic carbocycles. The first kappa shape index (κ1) is 17.9. The molecule has 0 bridgehead atoms. The number of nitrogens with zero attached hydrogens (tertiary/aromatic N) is 3. The van der Waals surface area contributed by atoms with Gasteiger partial charge in [0, 0.05) is 28.5 Å². The third kappa shape index (κ3) is 3.95. The summed E-state index contributed by atoms with van der Waals surface area (Å²) in [5.41, 5.74) is 5.98. The predicted molar refractivity (Wildman–Crippen MR) is 113 cm³/mol. The molecular formula is C20H17BrN4OS. The van der Waals surface area contributed by atoms with Gasteiger partial charge in [-0.05, 0) is 52.2 Å². The van der Waals surface area contributed by atoms with Crippen molar-refractivity contribution in [2.24, 2.45) is 0 Å². The summed E-state index contributed by atoms with van der Waals surface area (Å²) in [5.74, 6) is 0. The highest BCUT2D eigenvalue weighted by molar-refractivity contribution is 9.10. The number of rotatable bonds is 5. The van der Waals surface area contributed by atoms with Crippen LogP contribution in [0.5, 0.6) is 0 Å². The van der Waals surface area contributed by atoms with Crippen molar-refractivity contribution in [1.29, 1.82) is 0 Å². The van der Waals surface area contributed by atoms with Gasteiger partial charge in [0.1, 0.15) is 10.9 Å². The minimum absolute atomic E-state index is 0.0257. The Morgan fingerprint density at radius 3 is 2.70 bits per heavy atom. The molecule has 136 valence electrons. The minimum atomic E-state index is 0.0257. The second-order valence-electron chi connectivity index (χ2n) is 6.12. The first-order valence-electron chi connectivity index (χ1n) is 8.35. The summed E-state index contributed by atoms with van der Waals surface area (Å²) in [6, 6.07) is 14.1. The van der Waals surface area contributed by atoms with Gasteiger partial charge in [-0.3, -0.25) is 0 Å². The third-order valence-corrected chi connectivity index (χ3v) is 5.41. The predicted octanol–water partition coefficient (Wildman–Crippen LogP) is 5.30. The molecule has 7 heteroatoms. The quantitative estimate of drug-likeness (QED) is 0.441. The van der Waals surface area contributed by atoms with Gasteiger partial charge >= 0.3 is 0 Å². The number of aliphatic hydroxyl groups is 1. The Morgan fingerprint density at radius 1 is 1.19 bits per heavy atom. The number of hydrogen-bond acceptors (Lipinski definition) is 5. The van der Waals surface area contributed by atoms with Crippen LogP contribution in [-0.4, -0.2) is 19.6 Å². The largest absolute Gasteiger partial charge is 0.392 e. The number of anilines is 2. The third-order valence-electron chi connectivity index (χ3n) is 4.24. The minimum Gasteiger partial charge on any atom is -0.392 e. The smallest absolute Gasteiger partial charge is 0.187 e. The molecule has 2 aromatic carbocycles. The molecule has 5 nitrogen and oxygen atoms in total. The normalized spacial score (nSPS) is 10.9. The monoisotopic (exact) mass is 440 g/mol. The Morgan fingerprint density at radius 2 is 2.00 bits per heavy atom. The summed E-state index contributed by atoms with van der Waals surface area (Å²) in [4.78, 5) is 8.88. The molecular weight excluding hydrogens is 424 g/mol. The zero-order valence-corrected chi connectivity index (χ0v) is 17.0. The lowest BCUT2D eigenvalue weighted by Gasteiger charge is -2.08. The summed E-state index contributed by atoms with van der Waals surface area (Å²) >= 11 is 4.92. The molecule has 2 heterocycles. The Balaban J connectivity index is 1.54. The molecule has 0 fully saturated rings. The first-order chi connectivity index (χ1) is 13.1. The molecule has 0 saturated carbocycles. The number of aliphatic hydroxyl groups excluding tert-OH is 1. The van der Waals surface area contributed by atoms with E-state index < -0.39 is 0 Å². The van der Waals surface area contributed by atoms with Gasteiger partial charge in [0.2, 0.25) is 0 Å². The Bertz CT molecular complexity index is 1070. The average molecular weight is 441 g/mol. The number of aryl methyl sites for hydroxylation is 1. The lowest BCUT2D eigenvalue weighted by atomic mass is 10.1. The number of halogens is 1. The highest BCUT2D eigenvalue weighted by Crippen LogP contribution is 2.29. The van der Waals surface area contributed by atoms with Gasteiger partial charge in [-0.15, -0.1) is 11.3 Å². The van der Waals surface area contributed by atoms with E-state index in [2.05, 4.69) is 38.4 Å². The van der Waals surface area contributed by atoms with E-state index in [0.29, 0.717) is 0 Å². The van der Waals surface area contributed by atoms with Crippen molar-refractivity contribution in [3.8, 4) is 16.9 Å². The van der Waals surface area contributed by atoms with E-state index >= 15 is 0 Å². The van der Waals surface area contributed by atoms with Crippen LogP contribution in [0, 0.1) is 6.92 Å². The van der Waals surface area contributed by atoms with E-state index in [4.69, 9.17) is 4.98 Å². The highest BCUT2D eigenvalue weighted by Gasteiger charge is 2.08. The van der Waals surface area contributed by atoms with Gasteiger partial charge in [-0.25, -0.2) is 9.97 Å². The maximum atomic E-state index is 9.33. The summed E-state index contributed by atoms with van der Waals surface area (Å²) in [7, 11) is 0. The number of imidazole rings is 1. The highest BCUT2D eigenvalue weighted by atomic mass is 79.9. The number of benzene rings is 2. The van der Waals surface area contributed by atoms with Crippen LogP contribution in [0.25, 0.3) is 16.9 Å². The van der Waals surface area contributed by atoms with E-state index in [1.54, 1.807) is 17.7 Å². The second kappa shape index (κ2) is 7.64. The molecule has 0 radical (unpaired) electrons. The molecule has 0 saturated heterocycles. The van der Waals surface area contributed by atoms with Crippen molar-refractivity contribution in [3.05, 3.63) is 76.1 Å². The van der Waals surface area contributed by atoms with E-state index in [1.807, 2.05) is 53.4 Å². The fraction of sp³-hybridized carbons (Fsp3) is 0.100. The molecule has 0 aliphatic rings. The van der Waals surface area contributed by atoms with Crippen LogP contribution in [0.1, 0.15) is 11.1 Å². The van der Waals surface area contributed by atoms with Gasteiger partial charge in [0.15, 0.2) is 5.13 Å². The molecule has 2 N–H and O–H groups in total. The van der Waals surface area contributed by atoms with Gasteiger partial charge in [-0.1, -0.05) is 24.3 Å². The van der Waals surface area contributed by atoms with E-state index in [0.717, 1.165) is 43.5 Å². The average Bonchev–Trinajstić information content (AvgIpc) is 3.33. The fourth-order valence-corrected chi connectivity index (χ4v) is 3.77. The Kier molecular flexibility index (Phi) is 5.07. The topological polar surface area (TPSA) is 63.0 Å². The van der Waals surface area contributed by atoms with Crippen LogP contribution in [0.15, 0.2) is 65.0 Å². The van der Waals surface area contributed by atoms with Crippen molar-refractivity contribution < 1.29 is 5.11 Å². The van der Waals surface area contributed by atoms with Gasteiger partial charge < -0.3 is 15.0 Å². The van der Waals surface area contributed by atoms with Crippen molar-refractivity contribution in [3.63, 3.8) is 0 Å². The summed E-state index contributed by atoms with van der Waals surface area (Å²) < 4.78 is 2.76. The summed E-state index contributed by atoms with van der Waals surface area (Å²) in [6.07, 6.45) is 3.69. The van der Waals surface area contributed by atoms with E-state index in [-0.39, 0.29) is 6.61 Å². The van der Waals surface area contributed by atoms with Gasteiger partial charge in [0.25, 0.3) is 0 Å². The molecule has 27 heavy (non-hydrogen) atoms. The molecule has 0 atom stereocenters. The number of nitrogens with one attached hydrogen (secondary N) is 1. The summed E-state index contributed by atoms with van der Waals surface area (Å²) in [6.45, 7) is 2.06. The van der Waals surface area contributed by atoms with Crippen molar-refractivity contribution >= 4 is 38.1 Å². The van der Waals surface area contributed by atoms with E-state index in [9.17, 15) is 5.11 Å². The fourth-order valence-electron chi connectivity index (χ4n) is 2.73. The lowest BCUT2D eigenvalue weighted by Crippen LogP contribution is -1.95. The van der Waals surface area contributed by atoms with Crippen LogP contribution >= 0.6 is 27.3 Å². The maximum Gasteiger partial charge on any atom is 0.187 e. The Labute approximate surface area is 169 Å². The SMILES string of the molecule is Cc1ccc(CO)cc1Nc1nc(-c2ccc(-n3cnc(Br)c3)cc2)cs1. The van der Waals surface area contributed by atoms with Crippen LogP contribution in [0.2, 0.25) is 0 Å².